The Bertz CT molecular complexity index is 659. The second-order valence-corrected chi connectivity index (χ2v) is 5.11. The minimum atomic E-state index is -2.62. The predicted molar refractivity (Wildman–Crippen MR) is 82.7 cm³/mol. The maximum absolute atomic E-state index is 14.3. The van der Waals surface area contributed by atoms with Crippen molar-refractivity contribution in [3.63, 3.8) is 0 Å². The fourth-order valence-corrected chi connectivity index (χ4v) is 2.28. The Labute approximate surface area is 137 Å². The minimum Gasteiger partial charge on any atom is -0.467 e. The molecule has 0 bridgehead atoms. The van der Waals surface area contributed by atoms with Gasteiger partial charge in [-0.2, -0.15) is 0 Å². The van der Waals surface area contributed by atoms with E-state index >= 15 is 0 Å². The first-order chi connectivity index (χ1) is 10.9. The van der Waals surface area contributed by atoms with E-state index in [4.69, 9.17) is 21.1 Å². The maximum atomic E-state index is 14.3. The van der Waals surface area contributed by atoms with Crippen molar-refractivity contribution in [2.24, 2.45) is 0 Å². The van der Waals surface area contributed by atoms with Crippen molar-refractivity contribution in [3.8, 4) is 5.75 Å². The lowest BCUT2D eigenvalue weighted by Crippen LogP contribution is -2.28. The fourth-order valence-electron chi connectivity index (χ4n) is 2.11. The average molecular weight is 346 g/mol. The number of nitrogens with zero attached hydrogens (tertiary/aromatic N) is 1. The van der Waals surface area contributed by atoms with Gasteiger partial charge in [-0.1, -0.05) is 18.2 Å². The molecule has 0 spiro atoms. The van der Waals surface area contributed by atoms with E-state index in [1.165, 1.54) is 42.4 Å². The van der Waals surface area contributed by atoms with Crippen molar-refractivity contribution in [1.29, 1.82) is 0 Å². The van der Waals surface area contributed by atoms with Crippen LogP contribution in [0.5, 0.6) is 5.75 Å². The van der Waals surface area contributed by atoms with Crippen LogP contribution in [0.4, 0.5) is 13.2 Å². The Morgan fingerprint density at radius 2 is 2.04 bits per heavy atom. The molecule has 0 aliphatic carbocycles. The third-order valence-electron chi connectivity index (χ3n) is 3.16. The zero-order valence-corrected chi connectivity index (χ0v) is 13.1. The van der Waals surface area contributed by atoms with E-state index in [1.54, 1.807) is 0 Å². The summed E-state index contributed by atoms with van der Waals surface area (Å²) in [5.74, 6) is -0.333. The number of hydrogen-bond acceptors (Lipinski definition) is 3. The van der Waals surface area contributed by atoms with Crippen LogP contribution in [0.3, 0.4) is 0 Å². The summed E-state index contributed by atoms with van der Waals surface area (Å²) in [5, 5.41) is 0.231. The summed E-state index contributed by atoms with van der Waals surface area (Å²) < 4.78 is 49.8. The standard InChI is InChI=1S/C16H15ClF3NO2/c1-10-13(17)5-6-15(21(10)8-16(19)20)12-4-3-11(7-14(12)18)23-9-22-2/h3-7,16H,1,8-9H2,2H3. The smallest absolute Gasteiger partial charge is 0.256 e. The summed E-state index contributed by atoms with van der Waals surface area (Å²) in [6, 6.07) is 4.14. The number of ether oxygens (including phenoxy) is 2. The highest BCUT2D eigenvalue weighted by Crippen LogP contribution is 2.34. The van der Waals surface area contributed by atoms with Crippen LogP contribution in [0.25, 0.3) is 5.70 Å². The van der Waals surface area contributed by atoms with Crippen LogP contribution >= 0.6 is 11.6 Å². The Kier molecular flexibility index (Phi) is 5.74. The van der Waals surface area contributed by atoms with Crippen molar-refractivity contribution >= 4 is 17.3 Å². The molecule has 1 aliphatic rings. The van der Waals surface area contributed by atoms with Gasteiger partial charge in [-0.3, -0.25) is 0 Å². The third-order valence-corrected chi connectivity index (χ3v) is 3.50. The number of halogens is 4. The normalized spacial score (nSPS) is 14.9. The molecule has 124 valence electrons. The molecule has 2 rings (SSSR count). The second-order valence-electron chi connectivity index (χ2n) is 4.71. The molecule has 1 aromatic rings. The highest BCUT2D eigenvalue weighted by atomic mass is 35.5. The Morgan fingerprint density at radius 3 is 2.65 bits per heavy atom. The predicted octanol–water partition coefficient (Wildman–Crippen LogP) is 4.37. The van der Waals surface area contributed by atoms with Gasteiger partial charge in [0.15, 0.2) is 6.79 Å². The van der Waals surface area contributed by atoms with Crippen molar-refractivity contribution < 1.29 is 22.6 Å². The number of benzene rings is 1. The van der Waals surface area contributed by atoms with Crippen LogP contribution < -0.4 is 4.74 Å². The summed E-state index contributed by atoms with van der Waals surface area (Å²) in [4.78, 5) is 1.20. The van der Waals surface area contributed by atoms with Gasteiger partial charge in [0.2, 0.25) is 0 Å². The van der Waals surface area contributed by atoms with Crippen molar-refractivity contribution in [2.75, 3.05) is 20.4 Å². The van der Waals surface area contributed by atoms with Crippen LogP contribution in [-0.4, -0.2) is 31.8 Å². The molecule has 0 saturated carbocycles. The lowest BCUT2D eigenvalue weighted by atomic mass is 10.1. The van der Waals surface area contributed by atoms with Crippen LogP contribution in [0.15, 0.2) is 47.7 Å². The van der Waals surface area contributed by atoms with Gasteiger partial charge in [-0.05, 0) is 24.3 Å². The van der Waals surface area contributed by atoms with Crippen molar-refractivity contribution in [2.45, 2.75) is 6.43 Å². The van der Waals surface area contributed by atoms with Crippen molar-refractivity contribution in [3.05, 3.63) is 59.0 Å². The molecule has 0 radical (unpaired) electrons. The number of alkyl halides is 2. The zero-order chi connectivity index (χ0) is 17.0. The van der Waals surface area contributed by atoms with Crippen LogP contribution in [-0.2, 0) is 4.74 Å². The molecule has 0 aromatic heterocycles. The summed E-state index contributed by atoms with van der Waals surface area (Å²) >= 11 is 5.92. The van der Waals surface area contributed by atoms with Gasteiger partial charge in [0.05, 0.1) is 23.0 Å². The fraction of sp³-hybridized carbons (Fsp3) is 0.250. The summed E-state index contributed by atoms with van der Waals surface area (Å²) in [7, 11) is 1.45. The molecule has 1 aliphatic heterocycles. The monoisotopic (exact) mass is 345 g/mol. The highest BCUT2D eigenvalue weighted by molar-refractivity contribution is 6.32. The summed E-state index contributed by atoms with van der Waals surface area (Å²) in [6.07, 6.45) is 0.355. The SMILES string of the molecule is C=C1C(Cl)=CC=C(c2ccc(OCOC)cc2F)N1CC(F)F. The largest absolute Gasteiger partial charge is 0.467 e. The maximum Gasteiger partial charge on any atom is 0.256 e. The van der Waals surface area contributed by atoms with Gasteiger partial charge >= 0.3 is 0 Å². The van der Waals surface area contributed by atoms with Gasteiger partial charge in [0.25, 0.3) is 6.43 Å². The average Bonchev–Trinajstić information content (AvgIpc) is 2.50. The lowest BCUT2D eigenvalue weighted by molar-refractivity contribution is 0.0509. The first-order valence-electron chi connectivity index (χ1n) is 6.68. The van der Waals surface area contributed by atoms with Crippen LogP contribution in [0.2, 0.25) is 0 Å². The van der Waals surface area contributed by atoms with Gasteiger partial charge in [0.1, 0.15) is 11.6 Å². The molecule has 0 unspecified atom stereocenters. The van der Waals surface area contributed by atoms with E-state index in [-0.39, 0.29) is 34.5 Å². The lowest BCUT2D eigenvalue weighted by Gasteiger charge is -2.31. The molecule has 1 heterocycles. The number of methoxy groups -OCH3 is 1. The molecular formula is C16H15ClF3NO2. The molecule has 0 amide bonds. The van der Waals surface area contributed by atoms with E-state index in [1.807, 2.05) is 0 Å². The first-order valence-corrected chi connectivity index (χ1v) is 7.06. The van der Waals surface area contributed by atoms with E-state index in [2.05, 4.69) is 6.58 Å². The van der Waals surface area contributed by atoms with E-state index in [9.17, 15) is 13.2 Å². The minimum absolute atomic E-state index is 0.0197. The molecular weight excluding hydrogens is 331 g/mol. The summed E-state index contributed by atoms with van der Waals surface area (Å²) in [5.41, 5.74) is 0.607. The molecule has 0 N–H and O–H groups in total. The van der Waals surface area contributed by atoms with Crippen LogP contribution in [0, 0.1) is 5.82 Å². The number of allylic oxidation sites excluding steroid dienone is 3. The van der Waals surface area contributed by atoms with Crippen molar-refractivity contribution in [1.82, 2.24) is 4.90 Å². The topological polar surface area (TPSA) is 21.7 Å². The molecule has 0 atom stereocenters. The third kappa shape index (κ3) is 4.09. The zero-order valence-electron chi connectivity index (χ0n) is 12.4. The van der Waals surface area contributed by atoms with Gasteiger partial charge < -0.3 is 14.4 Å². The number of rotatable bonds is 6. The van der Waals surface area contributed by atoms with E-state index < -0.39 is 18.8 Å². The first kappa shape index (κ1) is 17.4. The second kappa shape index (κ2) is 7.57. The van der Waals surface area contributed by atoms with Crippen LogP contribution in [0.1, 0.15) is 5.56 Å². The van der Waals surface area contributed by atoms with Gasteiger partial charge in [-0.15, -0.1) is 0 Å². The summed E-state index contributed by atoms with van der Waals surface area (Å²) in [6.45, 7) is 3.03. The molecule has 0 saturated heterocycles. The molecule has 7 heteroatoms. The highest BCUT2D eigenvalue weighted by Gasteiger charge is 2.25. The molecule has 23 heavy (non-hydrogen) atoms. The number of hydrogen-bond donors (Lipinski definition) is 0. The van der Waals surface area contributed by atoms with E-state index in [0.29, 0.717) is 0 Å². The molecule has 3 nitrogen and oxygen atoms in total. The molecule has 1 aromatic carbocycles. The van der Waals surface area contributed by atoms with Gasteiger partial charge in [-0.25, -0.2) is 13.2 Å². The van der Waals surface area contributed by atoms with E-state index in [0.717, 1.165) is 0 Å². The Hall–Kier alpha value is -1.92. The molecule has 0 fully saturated rings. The Morgan fingerprint density at radius 1 is 1.30 bits per heavy atom. The Balaban J connectivity index is 2.36. The quantitative estimate of drug-likeness (QED) is 0.715. The van der Waals surface area contributed by atoms with Gasteiger partial charge in [0, 0.05) is 18.7 Å².